The Morgan fingerprint density at radius 2 is 1.83 bits per heavy atom. The summed E-state index contributed by atoms with van der Waals surface area (Å²) < 4.78 is 18.6. The van der Waals surface area contributed by atoms with Crippen molar-refractivity contribution in [2.24, 2.45) is 11.0 Å². The lowest BCUT2D eigenvalue weighted by Crippen LogP contribution is -2.67. The van der Waals surface area contributed by atoms with Gasteiger partial charge in [0.05, 0.1) is 13.0 Å². The highest BCUT2D eigenvalue weighted by Gasteiger charge is 2.50. The van der Waals surface area contributed by atoms with Crippen LogP contribution in [0.25, 0.3) is 0 Å². The van der Waals surface area contributed by atoms with Gasteiger partial charge in [-0.2, -0.15) is 5.10 Å². The maximum Gasteiger partial charge on any atom is 0.231 e. The fraction of sp³-hybridized carbons (Fsp3) is 0.444. The average Bonchev–Trinajstić information content (AvgIpc) is 3.34. The quantitative estimate of drug-likeness (QED) is 0.589. The molecule has 1 aliphatic carbocycles. The van der Waals surface area contributed by atoms with E-state index in [0.29, 0.717) is 25.9 Å². The number of carbonyl (C=O) groups is 2. The van der Waals surface area contributed by atoms with E-state index in [9.17, 15) is 14.0 Å². The van der Waals surface area contributed by atoms with Gasteiger partial charge in [-0.3, -0.25) is 19.9 Å². The predicted molar refractivity (Wildman–Crippen MR) is 133 cm³/mol. The zero-order valence-corrected chi connectivity index (χ0v) is 20.5. The molecule has 1 saturated carbocycles. The number of ether oxygens (including phenoxy) is 1. The van der Waals surface area contributed by atoms with Crippen LogP contribution in [0.5, 0.6) is 5.75 Å². The topological polar surface area (TPSA) is 86.3 Å². The summed E-state index contributed by atoms with van der Waals surface area (Å²) in [5.41, 5.74) is 5.02. The highest BCUT2D eigenvalue weighted by atomic mass is 19.1. The van der Waals surface area contributed by atoms with Gasteiger partial charge >= 0.3 is 0 Å². The van der Waals surface area contributed by atoms with Crippen LogP contribution in [0, 0.1) is 11.7 Å². The van der Waals surface area contributed by atoms with Crippen LogP contribution in [0.2, 0.25) is 0 Å². The molecule has 0 spiro atoms. The average molecular weight is 494 g/mol. The number of hydrogen-bond acceptors (Lipinski definition) is 6. The van der Waals surface area contributed by atoms with E-state index in [4.69, 9.17) is 4.74 Å². The van der Waals surface area contributed by atoms with E-state index in [2.05, 4.69) is 20.7 Å². The van der Waals surface area contributed by atoms with E-state index < -0.39 is 0 Å². The summed E-state index contributed by atoms with van der Waals surface area (Å²) in [6.07, 6.45) is 4.29. The lowest BCUT2D eigenvalue weighted by atomic mass is 9.80. The summed E-state index contributed by atoms with van der Waals surface area (Å²) >= 11 is 0. The Bertz CT molecular complexity index is 1120. The van der Waals surface area contributed by atoms with Gasteiger partial charge in [-0.05, 0) is 48.2 Å². The second-order valence-corrected chi connectivity index (χ2v) is 9.61. The first-order valence-electron chi connectivity index (χ1n) is 12.6. The Morgan fingerprint density at radius 1 is 1.11 bits per heavy atom. The van der Waals surface area contributed by atoms with Gasteiger partial charge in [0.25, 0.3) is 0 Å². The van der Waals surface area contributed by atoms with E-state index in [0.717, 1.165) is 48.4 Å². The molecule has 36 heavy (non-hydrogen) atoms. The van der Waals surface area contributed by atoms with E-state index >= 15 is 0 Å². The Balaban J connectivity index is 1.23. The van der Waals surface area contributed by atoms with Gasteiger partial charge in [-0.1, -0.05) is 37.1 Å². The van der Waals surface area contributed by atoms with Crippen molar-refractivity contribution in [1.29, 1.82) is 0 Å². The van der Waals surface area contributed by atoms with Gasteiger partial charge < -0.3 is 15.0 Å². The minimum Gasteiger partial charge on any atom is -0.497 e. The molecule has 190 valence electrons. The highest BCUT2D eigenvalue weighted by molar-refractivity contribution is 5.91. The maximum atomic E-state index is 13.5. The Hall–Kier alpha value is -3.62. The van der Waals surface area contributed by atoms with Gasteiger partial charge in [0.1, 0.15) is 17.4 Å². The van der Waals surface area contributed by atoms with Crippen LogP contribution in [0.1, 0.15) is 49.7 Å². The van der Waals surface area contributed by atoms with Crippen LogP contribution in [-0.4, -0.2) is 46.9 Å². The molecule has 3 atom stereocenters. The second kappa shape index (κ2) is 10.6. The van der Waals surface area contributed by atoms with Crippen LogP contribution in [0.3, 0.4) is 0 Å². The molecule has 9 heteroatoms. The number of methoxy groups -OCH3 is 1. The zero-order valence-electron chi connectivity index (χ0n) is 20.5. The van der Waals surface area contributed by atoms with Crippen LogP contribution in [0.15, 0.2) is 53.6 Å². The lowest BCUT2D eigenvalue weighted by Gasteiger charge is -2.50. The van der Waals surface area contributed by atoms with Crippen molar-refractivity contribution in [1.82, 2.24) is 20.5 Å². The number of fused-ring (bicyclic) bond motifs is 3. The van der Waals surface area contributed by atoms with E-state index in [-0.39, 0.29) is 35.9 Å². The summed E-state index contributed by atoms with van der Waals surface area (Å²) in [4.78, 5) is 30.1. The number of hydrogen-bond donors (Lipinski definition) is 2. The highest BCUT2D eigenvalue weighted by Crippen LogP contribution is 2.38. The molecule has 2 aromatic rings. The molecule has 8 nitrogen and oxygen atoms in total. The fourth-order valence-electron chi connectivity index (χ4n) is 5.45. The Kier molecular flexibility index (Phi) is 7.06. The number of benzene rings is 2. The van der Waals surface area contributed by atoms with Gasteiger partial charge in [-0.25, -0.2) is 4.39 Å². The van der Waals surface area contributed by atoms with Crippen molar-refractivity contribution in [2.45, 2.75) is 63.9 Å². The van der Waals surface area contributed by atoms with Crippen molar-refractivity contribution in [3.05, 3.63) is 65.5 Å². The summed E-state index contributed by atoms with van der Waals surface area (Å²) in [6, 6.07) is 13.9. The normalized spacial score (nSPS) is 22.9. The van der Waals surface area contributed by atoms with Crippen molar-refractivity contribution in [2.75, 3.05) is 7.11 Å². The van der Waals surface area contributed by atoms with Gasteiger partial charge in [0, 0.05) is 32.0 Å². The predicted octanol–water partition coefficient (Wildman–Crippen LogP) is 3.33. The van der Waals surface area contributed by atoms with E-state index in [1.165, 1.54) is 12.1 Å². The molecule has 2 amide bonds. The number of nitrogens with zero attached hydrogens (tertiary/aromatic N) is 3. The molecule has 2 heterocycles. The number of halogens is 1. The summed E-state index contributed by atoms with van der Waals surface area (Å²) in [6.45, 7) is 0.826. The summed E-state index contributed by atoms with van der Waals surface area (Å²) in [5.74, 6) is 1.27. The molecule has 1 saturated heterocycles. The molecule has 5 rings (SSSR count). The van der Waals surface area contributed by atoms with Crippen molar-refractivity contribution >= 4 is 17.6 Å². The first-order valence-corrected chi connectivity index (χ1v) is 12.6. The van der Waals surface area contributed by atoms with Gasteiger partial charge in [0.2, 0.25) is 11.8 Å². The van der Waals surface area contributed by atoms with Crippen LogP contribution in [-0.2, 0) is 22.7 Å². The summed E-state index contributed by atoms with van der Waals surface area (Å²) in [5, 5.41) is 7.54. The number of carbonyl (C=O) groups excluding carboxylic acids is 2. The number of nitrogens with one attached hydrogen (secondary N) is 2. The van der Waals surface area contributed by atoms with Crippen LogP contribution >= 0.6 is 0 Å². The minimum absolute atomic E-state index is 0.0478. The molecular weight excluding hydrogens is 461 g/mol. The lowest BCUT2D eigenvalue weighted by molar-refractivity contribution is -0.156. The molecule has 2 aliphatic heterocycles. The third kappa shape index (κ3) is 5.01. The Labute approximate surface area is 210 Å². The monoisotopic (exact) mass is 493 g/mol. The van der Waals surface area contributed by atoms with Crippen LogP contribution < -0.4 is 15.5 Å². The standard InChI is InChI=1S/C27H32FN5O3/c1-36-21-12-8-18(9-13-21)16-29-25(34)15-14-24-30-31-27-32(17-19-6-10-20(28)11-7-19)26(35)22-4-2-3-5-23(22)33(24)27/h6-13,22-23,27,31H,2-5,14-17H2,1H3,(H,29,34). The largest absolute Gasteiger partial charge is 0.497 e. The minimum atomic E-state index is -0.390. The molecule has 0 bridgehead atoms. The van der Waals surface area contributed by atoms with E-state index in [1.54, 1.807) is 24.1 Å². The number of amides is 2. The van der Waals surface area contributed by atoms with Crippen molar-refractivity contribution in [3.8, 4) is 5.75 Å². The maximum absolute atomic E-state index is 13.5. The summed E-state index contributed by atoms with van der Waals surface area (Å²) in [7, 11) is 1.62. The third-order valence-electron chi connectivity index (χ3n) is 7.34. The van der Waals surface area contributed by atoms with Crippen LogP contribution in [0.4, 0.5) is 4.39 Å². The molecule has 2 aromatic carbocycles. The second-order valence-electron chi connectivity index (χ2n) is 9.61. The molecule has 2 fully saturated rings. The molecule has 0 aromatic heterocycles. The Morgan fingerprint density at radius 3 is 2.58 bits per heavy atom. The first-order chi connectivity index (χ1) is 17.5. The number of amidine groups is 1. The third-order valence-corrected chi connectivity index (χ3v) is 7.34. The fourth-order valence-corrected chi connectivity index (χ4v) is 5.45. The van der Waals surface area contributed by atoms with Gasteiger partial charge in [-0.15, -0.1) is 0 Å². The molecule has 3 unspecified atom stereocenters. The SMILES string of the molecule is COc1ccc(CNC(=O)CCC2=NNC3N(Cc4ccc(F)cc4)C(=O)C4CCCCC4N23)cc1. The molecule has 3 aliphatic rings. The molecular formula is C27H32FN5O3. The smallest absolute Gasteiger partial charge is 0.231 e. The van der Waals surface area contributed by atoms with Crippen molar-refractivity contribution in [3.63, 3.8) is 0 Å². The van der Waals surface area contributed by atoms with Crippen molar-refractivity contribution < 1.29 is 18.7 Å². The van der Waals surface area contributed by atoms with E-state index in [1.807, 2.05) is 24.3 Å². The number of rotatable bonds is 8. The zero-order chi connectivity index (χ0) is 25.1. The molecule has 2 N–H and O–H groups in total. The molecule has 0 radical (unpaired) electrons. The van der Waals surface area contributed by atoms with Gasteiger partial charge in [0.15, 0.2) is 6.29 Å². The first kappa shape index (κ1) is 24.1. The number of hydrazone groups is 1.